The Bertz CT molecular complexity index is 836. The van der Waals surface area contributed by atoms with Crippen LogP contribution in [0.4, 0.5) is 13.2 Å². The van der Waals surface area contributed by atoms with Crippen molar-refractivity contribution in [3.05, 3.63) is 68.1 Å². The summed E-state index contributed by atoms with van der Waals surface area (Å²) in [7, 11) is 1.10. The first kappa shape index (κ1) is 21.4. The number of rotatable bonds is 5. The van der Waals surface area contributed by atoms with Crippen LogP contribution in [-0.2, 0) is 22.1 Å². The minimum atomic E-state index is -4.57. The lowest BCUT2D eigenvalue weighted by Gasteiger charge is -2.19. The normalized spacial score (nSPS) is 12.4. The van der Waals surface area contributed by atoms with Gasteiger partial charge < -0.3 is 10.1 Å². The summed E-state index contributed by atoms with van der Waals surface area (Å²) in [4.78, 5) is 24.5. The van der Waals surface area contributed by atoms with Crippen molar-refractivity contribution in [2.75, 3.05) is 7.11 Å². The highest BCUT2D eigenvalue weighted by Crippen LogP contribution is 2.32. The van der Waals surface area contributed by atoms with Gasteiger partial charge in [-0.15, -0.1) is 0 Å². The van der Waals surface area contributed by atoms with Crippen molar-refractivity contribution in [1.82, 2.24) is 5.32 Å². The van der Waals surface area contributed by atoms with Gasteiger partial charge in [-0.3, -0.25) is 4.79 Å². The maximum Gasteiger partial charge on any atom is 0.416 e. The molecule has 0 radical (unpaired) electrons. The first-order valence-corrected chi connectivity index (χ1v) is 9.20. The summed E-state index contributed by atoms with van der Waals surface area (Å²) in [6.07, 6.45) is -4.93. The molecule has 0 fully saturated rings. The zero-order chi connectivity index (χ0) is 20.2. The second-order valence-corrected chi connectivity index (χ2v) is 7.40. The van der Waals surface area contributed by atoms with Crippen LogP contribution in [0.15, 0.2) is 51.4 Å². The van der Waals surface area contributed by atoms with Gasteiger partial charge in [-0.2, -0.15) is 13.2 Å². The van der Waals surface area contributed by atoms with E-state index < -0.39 is 29.7 Å². The second-order valence-electron chi connectivity index (χ2n) is 5.57. The molecule has 144 valence electrons. The van der Waals surface area contributed by atoms with Crippen LogP contribution in [0.2, 0.25) is 0 Å². The van der Waals surface area contributed by atoms with Gasteiger partial charge in [0.25, 0.3) is 5.91 Å². The van der Waals surface area contributed by atoms with Crippen molar-refractivity contribution in [2.24, 2.45) is 0 Å². The number of ether oxygens (including phenoxy) is 1. The summed E-state index contributed by atoms with van der Waals surface area (Å²) in [6, 6.07) is 8.38. The molecule has 0 bridgehead atoms. The number of nitrogens with one attached hydrogen (secondary N) is 1. The highest BCUT2D eigenvalue weighted by Gasteiger charge is 2.34. The number of hydrogen-bond donors (Lipinski definition) is 1. The zero-order valence-corrected chi connectivity index (χ0v) is 17.1. The van der Waals surface area contributed by atoms with E-state index >= 15 is 0 Å². The molecule has 2 aromatic rings. The van der Waals surface area contributed by atoms with E-state index in [1.165, 1.54) is 30.3 Å². The van der Waals surface area contributed by atoms with Crippen molar-refractivity contribution in [2.45, 2.75) is 18.6 Å². The minimum Gasteiger partial charge on any atom is -0.467 e. The van der Waals surface area contributed by atoms with Crippen molar-refractivity contribution in [3.8, 4) is 0 Å². The molecule has 0 aliphatic heterocycles. The highest BCUT2D eigenvalue weighted by molar-refractivity contribution is 9.11. The molecule has 1 amide bonds. The van der Waals surface area contributed by atoms with E-state index in [-0.39, 0.29) is 17.5 Å². The Morgan fingerprint density at radius 1 is 1.11 bits per heavy atom. The number of amides is 1. The van der Waals surface area contributed by atoms with E-state index in [1.54, 1.807) is 6.07 Å². The number of methoxy groups -OCH3 is 1. The summed E-state index contributed by atoms with van der Waals surface area (Å²) in [5.41, 5.74) is -0.747. The summed E-state index contributed by atoms with van der Waals surface area (Å²) < 4.78 is 45.4. The molecule has 0 saturated heterocycles. The lowest BCUT2D eigenvalue weighted by atomic mass is 9.99. The molecular weight excluding hydrogens is 495 g/mol. The van der Waals surface area contributed by atoms with Crippen LogP contribution in [0.25, 0.3) is 0 Å². The molecule has 27 heavy (non-hydrogen) atoms. The Morgan fingerprint density at radius 2 is 1.70 bits per heavy atom. The minimum absolute atomic E-state index is 0.115. The lowest BCUT2D eigenvalue weighted by Crippen LogP contribution is -2.43. The Kier molecular flexibility index (Phi) is 7.05. The molecule has 0 aromatic heterocycles. The van der Waals surface area contributed by atoms with Crippen LogP contribution in [-0.4, -0.2) is 25.0 Å². The topological polar surface area (TPSA) is 55.4 Å². The summed E-state index contributed by atoms with van der Waals surface area (Å²) in [5, 5.41) is 2.44. The van der Waals surface area contributed by atoms with Crippen LogP contribution in [0.1, 0.15) is 21.5 Å². The molecule has 4 nitrogen and oxygen atoms in total. The Morgan fingerprint density at radius 3 is 2.26 bits per heavy atom. The number of carbonyl (C=O) groups is 2. The number of alkyl halides is 3. The number of carbonyl (C=O) groups excluding carboxylic acids is 2. The van der Waals surface area contributed by atoms with Gasteiger partial charge in [-0.25, -0.2) is 4.79 Å². The van der Waals surface area contributed by atoms with Crippen molar-refractivity contribution < 1.29 is 27.5 Å². The molecule has 0 saturated carbocycles. The molecule has 0 heterocycles. The Hall–Kier alpha value is -1.87. The summed E-state index contributed by atoms with van der Waals surface area (Å²) in [6.45, 7) is 0. The molecule has 0 unspecified atom stereocenters. The van der Waals surface area contributed by atoms with Crippen molar-refractivity contribution in [1.29, 1.82) is 0 Å². The molecule has 0 spiro atoms. The number of hydrogen-bond acceptors (Lipinski definition) is 3. The van der Waals surface area contributed by atoms with Gasteiger partial charge in [0.1, 0.15) is 6.04 Å². The van der Waals surface area contributed by atoms with Crippen molar-refractivity contribution >= 4 is 43.7 Å². The smallest absolute Gasteiger partial charge is 0.416 e. The Labute approximate surface area is 170 Å². The molecule has 9 heteroatoms. The van der Waals surface area contributed by atoms with Crippen molar-refractivity contribution in [3.63, 3.8) is 0 Å². The van der Waals surface area contributed by atoms with Gasteiger partial charge in [-0.1, -0.05) is 50.1 Å². The molecule has 1 atom stereocenters. The number of benzene rings is 2. The Balaban J connectivity index is 2.29. The van der Waals surface area contributed by atoms with Gasteiger partial charge in [0, 0.05) is 20.9 Å². The van der Waals surface area contributed by atoms with E-state index in [0.29, 0.717) is 8.95 Å². The van der Waals surface area contributed by atoms with Crippen LogP contribution in [0.3, 0.4) is 0 Å². The standard InChI is InChI=1S/C18H14Br2F3NO3/c1-27-17(26)15(8-10-4-2-3-5-14(10)18(21,22)23)24-16(25)11-6-12(19)9-13(20)7-11/h2-7,9,15H,8H2,1H3,(H,24,25)/t15-/m0/s1. The lowest BCUT2D eigenvalue weighted by molar-refractivity contribution is -0.144. The average molecular weight is 509 g/mol. The molecular formula is C18H14Br2F3NO3. The van der Waals surface area contributed by atoms with E-state index in [9.17, 15) is 22.8 Å². The van der Waals surface area contributed by atoms with E-state index in [2.05, 4.69) is 41.9 Å². The van der Waals surface area contributed by atoms with E-state index in [1.807, 2.05) is 0 Å². The SMILES string of the molecule is COC(=O)[C@H](Cc1ccccc1C(F)(F)F)NC(=O)c1cc(Br)cc(Br)c1. The van der Waals surface area contributed by atoms with E-state index in [4.69, 9.17) is 0 Å². The molecule has 2 rings (SSSR count). The third-order valence-corrected chi connectivity index (χ3v) is 4.58. The molecule has 0 aliphatic rings. The largest absolute Gasteiger partial charge is 0.467 e. The molecule has 1 N–H and O–H groups in total. The maximum absolute atomic E-state index is 13.2. The quantitative estimate of drug-likeness (QED) is 0.593. The summed E-state index contributed by atoms with van der Waals surface area (Å²) >= 11 is 6.50. The predicted molar refractivity (Wildman–Crippen MR) is 100 cm³/mol. The predicted octanol–water partition coefficient (Wildman–Crippen LogP) is 4.74. The number of halogens is 5. The molecule has 2 aromatic carbocycles. The fourth-order valence-corrected chi connectivity index (χ4v) is 3.75. The van der Waals surface area contributed by atoms with E-state index in [0.717, 1.165) is 13.2 Å². The fraction of sp³-hybridized carbons (Fsp3) is 0.222. The van der Waals surface area contributed by atoms with Gasteiger partial charge in [0.2, 0.25) is 0 Å². The first-order valence-electron chi connectivity index (χ1n) is 7.61. The van der Waals surface area contributed by atoms with Gasteiger partial charge >= 0.3 is 12.1 Å². The molecule has 0 aliphatic carbocycles. The first-order chi connectivity index (χ1) is 12.6. The van der Waals surface area contributed by atoms with Gasteiger partial charge in [-0.05, 0) is 29.8 Å². The van der Waals surface area contributed by atoms with Crippen LogP contribution < -0.4 is 5.32 Å². The van der Waals surface area contributed by atoms with Gasteiger partial charge in [0.05, 0.1) is 12.7 Å². The third-order valence-electron chi connectivity index (χ3n) is 3.66. The fourth-order valence-electron chi connectivity index (χ4n) is 2.46. The van der Waals surface area contributed by atoms with Gasteiger partial charge in [0.15, 0.2) is 0 Å². The number of esters is 1. The van der Waals surface area contributed by atoms with Crippen LogP contribution in [0.5, 0.6) is 0 Å². The third kappa shape index (κ3) is 5.80. The van der Waals surface area contributed by atoms with Crippen LogP contribution in [0, 0.1) is 0 Å². The maximum atomic E-state index is 13.2. The highest BCUT2D eigenvalue weighted by atomic mass is 79.9. The summed E-state index contributed by atoms with van der Waals surface area (Å²) in [5.74, 6) is -1.45. The van der Waals surface area contributed by atoms with Crippen LogP contribution >= 0.6 is 31.9 Å². The zero-order valence-electron chi connectivity index (χ0n) is 13.9. The average Bonchev–Trinajstić information content (AvgIpc) is 2.59. The second kappa shape index (κ2) is 8.88. The monoisotopic (exact) mass is 507 g/mol.